The molecule has 2 nitrogen and oxygen atoms in total. The summed E-state index contributed by atoms with van der Waals surface area (Å²) >= 11 is 4.52. The number of likely N-dealkylation sites (tertiary alicyclic amines) is 1. The van der Waals surface area contributed by atoms with Crippen LogP contribution in [0.1, 0.15) is 26.7 Å². The molecule has 6 heteroatoms. The summed E-state index contributed by atoms with van der Waals surface area (Å²) in [5.41, 5.74) is 5.27. The first-order valence-electron chi connectivity index (χ1n) is 5.70. The van der Waals surface area contributed by atoms with E-state index in [4.69, 9.17) is 5.73 Å². The quantitative estimate of drug-likeness (QED) is 0.798. The zero-order valence-electron chi connectivity index (χ0n) is 10.2. The van der Waals surface area contributed by atoms with E-state index in [-0.39, 0.29) is 12.0 Å². The molecule has 1 unspecified atom stereocenters. The topological polar surface area (TPSA) is 29.3 Å². The Balaban J connectivity index is 2.65. The van der Waals surface area contributed by atoms with Crippen LogP contribution in [0.5, 0.6) is 0 Å². The van der Waals surface area contributed by atoms with Crippen molar-refractivity contribution in [3.63, 3.8) is 0 Å². The first-order valence-corrected chi connectivity index (χ1v) is 6.11. The van der Waals surface area contributed by atoms with E-state index in [1.54, 1.807) is 0 Å². The zero-order valence-corrected chi connectivity index (χ0v) is 11.0. The smallest absolute Gasteiger partial charge is 0.393 e. The van der Waals surface area contributed by atoms with Gasteiger partial charge in [0.25, 0.3) is 0 Å². The minimum absolute atomic E-state index is 0.0740. The normalized spacial score (nSPS) is 23.4. The van der Waals surface area contributed by atoms with Crippen molar-refractivity contribution in [2.45, 2.75) is 32.9 Å². The van der Waals surface area contributed by atoms with Crippen LogP contribution in [0.4, 0.5) is 13.2 Å². The van der Waals surface area contributed by atoms with Crippen LogP contribution >= 0.6 is 12.2 Å². The highest BCUT2D eigenvalue weighted by molar-refractivity contribution is 7.80. The molecule has 2 N–H and O–H groups in total. The largest absolute Gasteiger partial charge is 0.399 e. The summed E-state index contributed by atoms with van der Waals surface area (Å²) in [7, 11) is 0. The molecule has 0 radical (unpaired) electrons. The fourth-order valence-electron chi connectivity index (χ4n) is 2.31. The monoisotopic (exact) mass is 268 g/mol. The first-order chi connectivity index (χ1) is 7.62. The van der Waals surface area contributed by atoms with Crippen LogP contribution in [0.15, 0.2) is 0 Å². The van der Waals surface area contributed by atoms with Gasteiger partial charge in [0.2, 0.25) is 0 Å². The number of nitrogens with two attached hydrogens (primary N) is 1. The fraction of sp³-hybridized carbons (Fsp3) is 0.909. The van der Waals surface area contributed by atoms with Gasteiger partial charge in [-0.15, -0.1) is 0 Å². The lowest BCUT2D eigenvalue weighted by Gasteiger charge is -2.39. The molecule has 1 aliphatic heterocycles. The molecule has 100 valence electrons. The van der Waals surface area contributed by atoms with Crippen molar-refractivity contribution >= 4 is 17.2 Å². The molecule has 0 amide bonds. The van der Waals surface area contributed by atoms with Crippen molar-refractivity contribution in [1.82, 2.24) is 4.90 Å². The molecule has 1 fully saturated rings. The van der Waals surface area contributed by atoms with Gasteiger partial charge in [0.05, 0.1) is 4.99 Å². The number of thiocarbonyl (C=S) groups is 1. The van der Waals surface area contributed by atoms with Gasteiger partial charge in [-0.05, 0) is 24.8 Å². The van der Waals surface area contributed by atoms with E-state index in [0.29, 0.717) is 13.1 Å². The summed E-state index contributed by atoms with van der Waals surface area (Å²) in [6.45, 7) is 5.40. The lowest BCUT2D eigenvalue weighted by molar-refractivity contribution is -0.160. The average molecular weight is 268 g/mol. The summed E-state index contributed by atoms with van der Waals surface area (Å²) < 4.78 is 38.2. The SMILES string of the molecule is CC1(C)CCCN(CC(C(N)=S)C(F)(F)F)C1. The summed E-state index contributed by atoms with van der Waals surface area (Å²) in [6.07, 6.45) is -2.37. The molecule has 1 saturated heterocycles. The fourth-order valence-corrected chi connectivity index (χ4v) is 2.52. The van der Waals surface area contributed by atoms with Gasteiger partial charge in [-0.2, -0.15) is 13.2 Å². The van der Waals surface area contributed by atoms with Gasteiger partial charge in [-0.3, -0.25) is 0 Å². The summed E-state index contributed by atoms with van der Waals surface area (Å²) in [6, 6.07) is 0. The molecule has 1 rings (SSSR count). The molecule has 0 aromatic rings. The highest BCUT2D eigenvalue weighted by Gasteiger charge is 2.43. The summed E-state index contributed by atoms with van der Waals surface area (Å²) in [5.74, 6) is -1.69. The van der Waals surface area contributed by atoms with E-state index in [9.17, 15) is 13.2 Å². The molecule has 0 aromatic carbocycles. The van der Waals surface area contributed by atoms with Crippen molar-refractivity contribution in [2.75, 3.05) is 19.6 Å². The van der Waals surface area contributed by atoms with E-state index >= 15 is 0 Å². The molecular formula is C11H19F3N2S. The molecule has 1 heterocycles. The van der Waals surface area contributed by atoms with Crippen LogP contribution in [-0.4, -0.2) is 35.7 Å². The lowest BCUT2D eigenvalue weighted by atomic mass is 9.84. The number of piperidine rings is 1. The van der Waals surface area contributed by atoms with Crippen LogP contribution < -0.4 is 5.73 Å². The van der Waals surface area contributed by atoms with Crippen molar-refractivity contribution < 1.29 is 13.2 Å². The van der Waals surface area contributed by atoms with Gasteiger partial charge in [-0.1, -0.05) is 26.1 Å². The molecule has 0 saturated carbocycles. The summed E-state index contributed by atoms with van der Waals surface area (Å²) in [5, 5.41) is 0. The number of rotatable bonds is 3. The van der Waals surface area contributed by atoms with E-state index in [1.807, 2.05) is 4.90 Å². The third-order valence-corrected chi connectivity index (χ3v) is 3.44. The maximum absolute atomic E-state index is 12.7. The molecule has 1 aliphatic rings. The molecule has 0 aromatic heterocycles. The van der Waals surface area contributed by atoms with Gasteiger partial charge in [0.1, 0.15) is 5.92 Å². The van der Waals surface area contributed by atoms with Gasteiger partial charge < -0.3 is 10.6 Å². The number of halogens is 3. The molecular weight excluding hydrogens is 249 g/mol. The Morgan fingerprint density at radius 3 is 2.47 bits per heavy atom. The van der Waals surface area contributed by atoms with Crippen LogP contribution in [-0.2, 0) is 0 Å². The zero-order chi connectivity index (χ0) is 13.3. The first kappa shape index (κ1) is 14.7. The van der Waals surface area contributed by atoms with Gasteiger partial charge in [0.15, 0.2) is 0 Å². The van der Waals surface area contributed by atoms with Crippen molar-refractivity contribution in [2.24, 2.45) is 17.1 Å². The van der Waals surface area contributed by atoms with Gasteiger partial charge in [-0.25, -0.2) is 0 Å². The van der Waals surface area contributed by atoms with Crippen molar-refractivity contribution in [1.29, 1.82) is 0 Å². The Morgan fingerprint density at radius 2 is 2.06 bits per heavy atom. The van der Waals surface area contributed by atoms with Crippen LogP contribution in [0.2, 0.25) is 0 Å². The number of nitrogens with zero attached hydrogens (tertiary/aromatic N) is 1. The van der Waals surface area contributed by atoms with E-state index < -0.39 is 17.1 Å². The van der Waals surface area contributed by atoms with E-state index in [2.05, 4.69) is 26.1 Å². The Kier molecular flexibility index (Phi) is 4.41. The standard InChI is InChI=1S/C11H19F3N2S/c1-10(2)4-3-5-16(7-10)6-8(9(15)17)11(12,13)14/h8H,3-7H2,1-2H3,(H2,15,17). The minimum atomic E-state index is -4.34. The Morgan fingerprint density at radius 1 is 1.47 bits per heavy atom. The van der Waals surface area contributed by atoms with E-state index in [1.165, 1.54) is 0 Å². The third kappa shape index (κ3) is 4.43. The van der Waals surface area contributed by atoms with Crippen molar-refractivity contribution in [3.8, 4) is 0 Å². The van der Waals surface area contributed by atoms with Gasteiger partial charge >= 0.3 is 6.18 Å². The molecule has 0 bridgehead atoms. The maximum atomic E-state index is 12.7. The highest BCUT2D eigenvalue weighted by Crippen LogP contribution is 2.32. The number of hydrogen-bond acceptors (Lipinski definition) is 2. The molecule has 1 atom stereocenters. The second-order valence-electron chi connectivity index (χ2n) is 5.50. The minimum Gasteiger partial charge on any atom is -0.393 e. The van der Waals surface area contributed by atoms with E-state index in [0.717, 1.165) is 12.8 Å². The predicted molar refractivity (Wildman–Crippen MR) is 65.8 cm³/mol. The summed E-state index contributed by atoms with van der Waals surface area (Å²) in [4.78, 5) is 1.36. The molecule has 17 heavy (non-hydrogen) atoms. The Bertz CT molecular complexity index is 289. The van der Waals surface area contributed by atoms with Crippen LogP contribution in [0.3, 0.4) is 0 Å². The number of alkyl halides is 3. The Hall–Kier alpha value is -0.360. The number of hydrogen-bond donors (Lipinski definition) is 1. The second-order valence-corrected chi connectivity index (χ2v) is 5.97. The molecule has 0 aliphatic carbocycles. The lowest BCUT2D eigenvalue weighted by Crippen LogP contribution is -2.48. The molecule has 0 spiro atoms. The Labute approximate surface area is 105 Å². The van der Waals surface area contributed by atoms with Crippen LogP contribution in [0.25, 0.3) is 0 Å². The average Bonchev–Trinajstić information content (AvgIpc) is 2.10. The van der Waals surface area contributed by atoms with Crippen molar-refractivity contribution in [3.05, 3.63) is 0 Å². The van der Waals surface area contributed by atoms with Crippen LogP contribution in [0, 0.1) is 11.3 Å². The third-order valence-electron chi connectivity index (χ3n) is 3.16. The highest BCUT2D eigenvalue weighted by atomic mass is 32.1. The second kappa shape index (κ2) is 5.10. The van der Waals surface area contributed by atoms with Gasteiger partial charge in [0, 0.05) is 13.1 Å². The predicted octanol–water partition coefficient (Wildman–Crippen LogP) is 2.57. The maximum Gasteiger partial charge on any atom is 0.399 e.